The third kappa shape index (κ3) is 3.37. The largest absolute Gasteiger partial charge is 0.355 e. The first-order chi connectivity index (χ1) is 9.24. The maximum Gasteiger partial charge on any atom is 0.320 e. The molecule has 2 saturated heterocycles. The number of nitrogens with one attached hydrogen (secondary N) is 2. The third-order valence-corrected chi connectivity index (χ3v) is 3.77. The predicted octanol–water partition coefficient (Wildman–Crippen LogP) is 0.00220. The lowest BCUT2D eigenvalue weighted by molar-refractivity contribution is -0.126. The van der Waals surface area contributed by atoms with Crippen LogP contribution in [0.2, 0.25) is 0 Å². The van der Waals surface area contributed by atoms with Crippen molar-refractivity contribution in [3.8, 4) is 0 Å². The maximum absolute atomic E-state index is 12.5. The maximum atomic E-state index is 12.5. The molecule has 0 aliphatic carbocycles. The standard InChI is InChI=1S/C13H24N4O2/c1-2-15-12(18)11-10-14-6-9-17(11)13(19)16-7-4-3-5-8-16/h11,14H,2-10H2,1H3,(H,15,18). The molecule has 2 N–H and O–H groups in total. The molecule has 0 radical (unpaired) electrons. The Labute approximate surface area is 114 Å². The Kier molecular flexibility index (Phi) is 5.01. The average Bonchev–Trinajstić information content (AvgIpc) is 2.47. The normalized spacial score (nSPS) is 24.2. The average molecular weight is 268 g/mol. The second kappa shape index (κ2) is 6.75. The van der Waals surface area contributed by atoms with Gasteiger partial charge in [0, 0.05) is 39.3 Å². The van der Waals surface area contributed by atoms with Gasteiger partial charge < -0.3 is 20.4 Å². The van der Waals surface area contributed by atoms with Gasteiger partial charge >= 0.3 is 6.03 Å². The van der Waals surface area contributed by atoms with Gasteiger partial charge in [-0.3, -0.25) is 4.79 Å². The number of amides is 3. The molecule has 2 fully saturated rings. The number of hydrogen-bond donors (Lipinski definition) is 2. The Hall–Kier alpha value is -1.30. The van der Waals surface area contributed by atoms with Crippen LogP contribution < -0.4 is 10.6 Å². The fourth-order valence-corrected chi connectivity index (χ4v) is 2.73. The highest BCUT2D eigenvalue weighted by atomic mass is 16.2. The summed E-state index contributed by atoms with van der Waals surface area (Å²) in [6.45, 7) is 6.06. The van der Waals surface area contributed by atoms with Crippen LogP contribution in [0, 0.1) is 0 Å². The highest BCUT2D eigenvalue weighted by Crippen LogP contribution is 2.14. The van der Waals surface area contributed by atoms with Crippen molar-refractivity contribution in [2.45, 2.75) is 32.2 Å². The number of likely N-dealkylation sites (tertiary alicyclic amines) is 1. The van der Waals surface area contributed by atoms with Gasteiger partial charge in [-0.25, -0.2) is 4.79 Å². The summed E-state index contributed by atoms with van der Waals surface area (Å²) in [5, 5.41) is 6.00. The monoisotopic (exact) mass is 268 g/mol. The molecule has 2 aliphatic heterocycles. The van der Waals surface area contributed by atoms with Crippen LogP contribution in [0.3, 0.4) is 0 Å². The van der Waals surface area contributed by atoms with Crippen LogP contribution in [0.4, 0.5) is 4.79 Å². The molecule has 6 heteroatoms. The molecule has 0 aromatic carbocycles. The van der Waals surface area contributed by atoms with Crippen LogP contribution in [0.5, 0.6) is 0 Å². The fraction of sp³-hybridized carbons (Fsp3) is 0.846. The molecule has 1 unspecified atom stereocenters. The van der Waals surface area contributed by atoms with E-state index in [2.05, 4.69) is 10.6 Å². The van der Waals surface area contributed by atoms with Gasteiger partial charge in [0.05, 0.1) is 0 Å². The van der Waals surface area contributed by atoms with Gasteiger partial charge in [0.25, 0.3) is 0 Å². The summed E-state index contributed by atoms with van der Waals surface area (Å²) in [4.78, 5) is 28.2. The predicted molar refractivity (Wildman–Crippen MR) is 72.9 cm³/mol. The van der Waals surface area contributed by atoms with Crippen molar-refractivity contribution in [1.29, 1.82) is 0 Å². The van der Waals surface area contributed by atoms with E-state index in [0.29, 0.717) is 19.6 Å². The lowest BCUT2D eigenvalue weighted by atomic mass is 10.1. The minimum Gasteiger partial charge on any atom is -0.355 e. The molecule has 19 heavy (non-hydrogen) atoms. The van der Waals surface area contributed by atoms with Gasteiger partial charge in [-0.15, -0.1) is 0 Å². The summed E-state index contributed by atoms with van der Waals surface area (Å²) in [6, 6.07) is -0.347. The van der Waals surface area contributed by atoms with Crippen molar-refractivity contribution in [1.82, 2.24) is 20.4 Å². The third-order valence-electron chi connectivity index (χ3n) is 3.77. The molecule has 2 aliphatic rings. The first kappa shape index (κ1) is 14.1. The van der Waals surface area contributed by atoms with E-state index in [9.17, 15) is 9.59 Å². The first-order valence-corrected chi connectivity index (χ1v) is 7.28. The lowest BCUT2D eigenvalue weighted by Gasteiger charge is -2.39. The SMILES string of the molecule is CCNC(=O)C1CNCCN1C(=O)N1CCCCC1. The minimum absolute atomic E-state index is 0.0254. The van der Waals surface area contributed by atoms with Crippen LogP contribution in [0.25, 0.3) is 0 Å². The Bertz CT molecular complexity index is 329. The Balaban J connectivity index is 2.01. The molecule has 0 saturated carbocycles. The zero-order chi connectivity index (χ0) is 13.7. The van der Waals surface area contributed by atoms with Crippen LogP contribution in [-0.2, 0) is 4.79 Å². The van der Waals surface area contributed by atoms with Crippen LogP contribution in [0.1, 0.15) is 26.2 Å². The molecular formula is C13H24N4O2. The molecule has 6 nitrogen and oxygen atoms in total. The number of carbonyl (C=O) groups excluding carboxylic acids is 2. The summed E-state index contributed by atoms with van der Waals surface area (Å²) in [7, 11) is 0. The fourth-order valence-electron chi connectivity index (χ4n) is 2.73. The van der Waals surface area contributed by atoms with Gasteiger partial charge in [-0.1, -0.05) is 0 Å². The summed E-state index contributed by atoms with van der Waals surface area (Å²) in [6.07, 6.45) is 3.35. The highest BCUT2D eigenvalue weighted by molar-refractivity contribution is 5.87. The van der Waals surface area contributed by atoms with E-state index in [0.717, 1.165) is 32.5 Å². The van der Waals surface area contributed by atoms with Crippen molar-refractivity contribution >= 4 is 11.9 Å². The van der Waals surface area contributed by atoms with Gasteiger partial charge in [-0.05, 0) is 26.2 Å². The zero-order valence-electron chi connectivity index (χ0n) is 11.7. The number of rotatable bonds is 2. The molecule has 108 valence electrons. The quantitative estimate of drug-likeness (QED) is 0.741. The summed E-state index contributed by atoms with van der Waals surface area (Å²) in [5.74, 6) is -0.0555. The van der Waals surface area contributed by atoms with Crippen molar-refractivity contribution in [2.24, 2.45) is 0 Å². The summed E-state index contributed by atoms with van der Waals surface area (Å²) < 4.78 is 0. The minimum atomic E-state index is -0.372. The molecule has 2 heterocycles. The van der Waals surface area contributed by atoms with Crippen LogP contribution >= 0.6 is 0 Å². The van der Waals surface area contributed by atoms with Crippen molar-refractivity contribution < 1.29 is 9.59 Å². The molecule has 2 rings (SSSR count). The Morgan fingerprint density at radius 2 is 1.95 bits per heavy atom. The number of piperazine rings is 1. The number of hydrogen-bond acceptors (Lipinski definition) is 3. The van der Waals surface area contributed by atoms with Gasteiger partial charge in [0.2, 0.25) is 5.91 Å². The van der Waals surface area contributed by atoms with E-state index in [1.165, 1.54) is 6.42 Å². The molecular weight excluding hydrogens is 244 g/mol. The number of nitrogens with zero attached hydrogens (tertiary/aromatic N) is 2. The molecule has 0 aromatic rings. The molecule has 0 bridgehead atoms. The molecule has 0 spiro atoms. The second-order valence-corrected chi connectivity index (χ2v) is 5.14. The summed E-state index contributed by atoms with van der Waals surface area (Å²) in [5.41, 5.74) is 0. The summed E-state index contributed by atoms with van der Waals surface area (Å²) >= 11 is 0. The van der Waals surface area contributed by atoms with Crippen LogP contribution in [0.15, 0.2) is 0 Å². The lowest BCUT2D eigenvalue weighted by Crippen LogP contribution is -2.62. The van der Waals surface area contributed by atoms with E-state index in [1.807, 2.05) is 11.8 Å². The zero-order valence-corrected chi connectivity index (χ0v) is 11.7. The van der Waals surface area contributed by atoms with Gasteiger partial charge in [0.1, 0.15) is 6.04 Å². The van der Waals surface area contributed by atoms with Crippen molar-refractivity contribution in [3.63, 3.8) is 0 Å². The van der Waals surface area contributed by atoms with Gasteiger partial charge in [-0.2, -0.15) is 0 Å². The Morgan fingerprint density at radius 3 is 2.63 bits per heavy atom. The molecule has 3 amide bonds. The van der Waals surface area contributed by atoms with E-state index < -0.39 is 0 Å². The molecule has 1 atom stereocenters. The number of urea groups is 1. The van der Waals surface area contributed by atoms with Crippen molar-refractivity contribution in [2.75, 3.05) is 39.3 Å². The number of piperidine rings is 1. The van der Waals surface area contributed by atoms with Gasteiger partial charge in [0.15, 0.2) is 0 Å². The van der Waals surface area contributed by atoms with E-state index in [4.69, 9.17) is 0 Å². The van der Waals surface area contributed by atoms with Crippen molar-refractivity contribution in [3.05, 3.63) is 0 Å². The van der Waals surface area contributed by atoms with E-state index >= 15 is 0 Å². The van der Waals surface area contributed by atoms with E-state index in [-0.39, 0.29) is 18.0 Å². The molecule has 0 aromatic heterocycles. The van der Waals surface area contributed by atoms with E-state index in [1.54, 1.807) is 4.90 Å². The Morgan fingerprint density at radius 1 is 1.21 bits per heavy atom. The highest BCUT2D eigenvalue weighted by Gasteiger charge is 2.34. The van der Waals surface area contributed by atoms with Crippen LogP contribution in [-0.4, -0.2) is 67.0 Å². The topological polar surface area (TPSA) is 64.7 Å². The smallest absolute Gasteiger partial charge is 0.320 e. The first-order valence-electron chi connectivity index (χ1n) is 7.28. The number of carbonyl (C=O) groups is 2. The number of likely N-dealkylation sites (N-methyl/N-ethyl adjacent to an activating group) is 1. The second-order valence-electron chi connectivity index (χ2n) is 5.14.